The van der Waals surface area contributed by atoms with Crippen molar-refractivity contribution in [1.82, 2.24) is 14.8 Å². The number of methoxy groups -OCH3 is 1. The van der Waals surface area contributed by atoms with E-state index in [4.69, 9.17) is 4.74 Å². The van der Waals surface area contributed by atoms with Gasteiger partial charge in [-0.15, -0.1) is 0 Å². The summed E-state index contributed by atoms with van der Waals surface area (Å²) in [5.74, 6) is 1.57. The Morgan fingerprint density at radius 3 is 2.89 bits per heavy atom. The van der Waals surface area contributed by atoms with Crippen LogP contribution in [0.25, 0.3) is 0 Å². The molecule has 0 aliphatic carbocycles. The molecule has 5 nitrogen and oxygen atoms in total. The molecule has 1 aromatic carbocycles. The minimum atomic E-state index is -0.607. The second kappa shape index (κ2) is 5.84. The molecule has 0 fully saturated rings. The number of aliphatic hydroxyl groups is 1. The smallest absolute Gasteiger partial charge is 0.138 e. The Morgan fingerprint density at radius 1 is 1.42 bits per heavy atom. The first-order chi connectivity index (χ1) is 9.15. The molecule has 0 bridgehead atoms. The standard InChI is InChI=1S/C14H19N3O2/c1-4-17-14(15-9-16-17)8-12(18)11-6-5-10(2)13(7-11)19-3/h5-7,9,12,18H,4,8H2,1-3H3. The second-order valence-corrected chi connectivity index (χ2v) is 4.44. The summed E-state index contributed by atoms with van der Waals surface area (Å²) in [6.07, 6.45) is 1.35. The van der Waals surface area contributed by atoms with Gasteiger partial charge in [0.2, 0.25) is 0 Å². The number of hydrogen-bond donors (Lipinski definition) is 1. The molecule has 0 amide bonds. The van der Waals surface area contributed by atoms with Crippen LogP contribution in [0.15, 0.2) is 24.5 Å². The summed E-state index contributed by atoms with van der Waals surface area (Å²) < 4.78 is 7.06. The minimum absolute atomic E-state index is 0.444. The number of hydrogen-bond acceptors (Lipinski definition) is 4. The number of benzene rings is 1. The summed E-state index contributed by atoms with van der Waals surface area (Å²) >= 11 is 0. The van der Waals surface area contributed by atoms with Gasteiger partial charge in [-0.05, 0) is 31.0 Å². The van der Waals surface area contributed by atoms with E-state index in [-0.39, 0.29) is 0 Å². The summed E-state index contributed by atoms with van der Waals surface area (Å²) in [7, 11) is 1.63. The van der Waals surface area contributed by atoms with E-state index in [9.17, 15) is 5.11 Å². The van der Waals surface area contributed by atoms with Crippen molar-refractivity contribution >= 4 is 0 Å². The van der Waals surface area contributed by atoms with Crippen LogP contribution in [0.3, 0.4) is 0 Å². The number of aromatic nitrogens is 3. The summed E-state index contributed by atoms with van der Waals surface area (Å²) in [5.41, 5.74) is 1.88. The zero-order chi connectivity index (χ0) is 13.8. The van der Waals surface area contributed by atoms with Crippen molar-refractivity contribution in [3.63, 3.8) is 0 Å². The van der Waals surface area contributed by atoms with Gasteiger partial charge in [0.05, 0.1) is 13.2 Å². The Bertz CT molecular complexity index is 551. The highest BCUT2D eigenvalue weighted by atomic mass is 16.5. The van der Waals surface area contributed by atoms with Gasteiger partial charge in [-0.2, -0.15) is 5.10 Å². The van der Waals surface area contributed by atoms with Gasteiger partial charge in [0, 0.05) is 13.0 Å². The number of nitrogens with zero attached hydrogens (tertiary/aromatic N) is 3. The second-order valence-electron chi connectivity index (χ2n) is 4.44. The van der Waals surface area contributed by atoms with Gasteiger partial charge in [-0.25, -0.2) is 4.98 Å². The van der Waals surface area contributed by atoms with Crippen LogP contribution >= 0.6 is 0 Å². The summed E-state index contributed by atoms with van der Waals surface area (Å²) in [6, 6.07) is 5.73. The van der Waals surface area contributed by atoms with E-state index < -0.39 is 6.10 Å². The third-order valence-corrected chi connectivity index (χ3v) is 3.19. The first kappa shape index (κ1) is 13.5. The van der Waals surface area contributed by atoms with E-state index in [0.717, 1.165) is 29.2 Å². The molecule has 102 valence electrons. The molecule has 0 aliphatic heterocycles. The van der Waals surface area contributed by atoms with E-state index >= 15 is 0 Å². The maximum absolute atomic E-state index is 10.3. The van der Waals surface area contributed by atoms with Gasteiger partial charge in [0.25, 0.3) is 0 Å². The molecule has 1 N–H and O–H groups in total. The average molecular weight is 261 g/mol. The molecule has 5 heteroatoms. The molecular weight excluding hydrogens is 242 g/mol. The Balaban J connectivity index is 2.18. The lowest BCUT2D eigenvalue weighted by Crippen LogP contribution is -2.09. The fourth-order valence-corrected chi connectivity index (χ4v) is 2.04. The van der Waals surface area contributed by atoms with E-state index in [1.807, 2.05) is 32.0 Å². The van der Waals surface area contributed by atoms with E-state index in [2.05, 4.69) is 10.1 Å². The Kier molecular flexibility index (Phi) is 4.16. The van der Waals surface area contributed by atoms with Crippen LogP contribution in [0, 0.1) is 6.92 Å². The van der Waals surface area contributed by atoms with Gasteiger partial charge in [-0.3, -0.25) is 4.68 Å². The maximum atomic E-state index is 10.3. The van der Waals surface area contributed by atoms with Gasteiger partial charge in [-0.1, -0.05) is 12.1 Å². The fourth-order valence-electron chi connectivity index (χ4n) is 2.04. The van der Waals surface area contributed by atoms with Crippen LogP contribution in [-0.2, 0) is 13.0 Å². The molecule has 1 heterocycles. The van der Waals surface area contributed by atoms with Crippen LogP contribution in [-0.4, -0.2) is 27.0 Å². The van der Waals surface area contributed by atoms with Crippen molar-refractivity contribution in [3.05, 3.63) is 41.5 Å². The molecule has 1 aromatic heterocycles. The lowest BCUT2D eigenvalue weighted by molar-refractivity contribution is 0.173. The quantitative estimate of drug-likeness (QED) is 0.893. The van der Waals surface area contributed by atoms with Crippen molar-refractivity contribution < 1.29 is 9.84 Å². The molecule has 19 heavy (non-hydrogen) atoms. The highest BCUT2D eigenvalue weighted by Gasteiger charge is 2.14. The lowest BCUT2D eigenvalue weighted by Gasteiger charge is -2.13. The summed E-state index contributed by atoms with van der Waals surface area (Å²) in [6.45, 7) is 4.72. The van der Waals surface area contributed by atoms with Crippen LogP contribution in [0.4, 0.5) is 0 Å². The van der Waals surface area contributed by atoms with Gasteiger partial charge in [0.15, 0.2) is 0 Å². The molecule has 1 atom stereocenters. The number of ether oxygens (including phenoxy) is 1. The van der Waals surface area contributed by atoms with Crippen LogP contribution in [0.1, 0.15) is 30.0 Å². The normalized spacial score (nSPS) is 12.4. The topological polar surface area (TPSA) is 60.2 Å². The van der Waals surface area contributed by atoms with Crippen molar-refractivity contribution in [2.24, 2.45) is 0 Å². The number of aliphatic hydroxyl groups excluding tert-OH is 1. The average Bonchev–Trinajstić information content (AvgIpc) is 2.86. The number of aryl methyl sites for hydroxylation is 2. The van der Waals surface area contributed by atoms with Crippen molar-refractivity contribution in [1.29, 1.82) is 0 Å². The third kappa shape index (κ3) is 2.93. The predicted molar refractivity (Wildman–Crippen MR) is 72.1 cm³/mol. The summed E-state index contributed by atoms with van der Waals surface area (Å²) in [5, 5.41) is 14.4. The van der Waals surface area contributed by atoms with Crippen LogP contribution in [0.5, 0.6) is 5.75 Å². The first-order valence-electron chi connectivity index (χ1n) is 6.35. The van der Waals surface area contributed by atoms with Crippen molar-refractivity contribution in [2.75, 3.05) is 7.11 Å². The molecule has 1 unspecified atom stereocenters. The third-order valence-electron chi connectivity index (χ3n) is 3.19. The highest BCUT2D eigenvalue weighted by molar-refractivity contribution is 5.37. The first-order valence-corrected chi connectivity index (χ1v) is 6.35. The monoisotopic (exact) mass is 261 g/mol. The lowest BCUT2D eigenvalue weighted by atomic mass is 10.0. The molecule has 0 radical (unpaired) electrons. The van der Waals surface area contributed by atoms with Gasteiger partial charge in [0.1, 0.15) is 17.9 Å². The predicted octanol–water partition coefficient (Wildman–Crippen LogP) is 1.89. The molecule has 0 spiro atoms. The fraction of sp³-hybridized carbons (Fsp3) is 0.429. The summed E-state index contributed by atoms with van der Waals surface area (Å²) in [4.78, 5) is 4.17. The van der Waals surface area contributed by atoms with E-state index in [1.165, 1.54) is 6.33 Å². The molecule has 0 aliphatic rings. The molecule has 2 rings (SSSR count). The van der Waals surface area contributed by atoms with Crippen molar-refractivity contribution in [3.8, 4) is 5.75 Å². The zero-order valence-electron chi connectivity index (χ0n) is 11.5. The Morgan fingerprint density at radius 2 is 2.21 bits per heavy atom. The van der Waals surface area contributed by atoms with Gasteiger partial charge < -0.3 is 9.84 Å². The molecule has 0 saturated heterocycles. The van der Waals surface area contributed by atoms with Crippen molar-refractivity contribution in [2.45, 2.75) is 32.9 Å². The van der Waals surface area contributed by atoms with E-state index in [1.54, 1.807) is 11.8 Å². The van der Waals surface area contributed by atoms with Gasteiger partial charge >= 0.3 is 0 Å². The zero-order valence-corrected chi connectivity index (χ0v) is 11.5. The highest BCUT2D eigenvalue weighted by Crippen LogP contribution is 2.24. The number of rotatable bonds is 5. The largest absolute Gasteiger partial charge is 0.496 e. The van der Waals surface area contributed by atoms with E-state index in [0.29, 0.717) is 6.42 Å². The Hall–Kier alpha value is -1.88. The molecule has 0 saturated carbocycles. The van der Waals surface area contributed by atoms with Crippen LogP contribution < -0.4 is 4.74 Å². The minimum Gasteiger partial charge on any atom is -0.496 e. The SMILES string of the molecule is CCn1ncnc1CC(O)c1ccc(C)c(OC)c1. The van der Waals surface area contributed by atoms with Crippen LogP contribution in [0.2, 0.25) is 0 Å². The molecule has 2 aromatic rings. The Labute approximate surface area is 112 Å². The maximum Gasteiger partial charge on any atom is 0.138 e. The molecular formula is C14H19N3O2.